The minimum absolute atomic E-state index is 0.0258. The van der Waals surface area contributed by atoms with Crippen molar-refractivity contribution in [3.05, 3.63) is 59.3 Å². The van der Waals surface area contributed by atoms with E-state index in [-0.39, 0.29) is 25.2 Å². The molecule has 0 bridgehead atoms. The summed E-state index contributed by atoms with van der Waals surface area (Å²) in [6.45, 7) is 3.05. The summed E-state index contributed by atoms with van der Waals surface area (Å²) < 4.78 is 10.8. The van der Waals surface area contributed by atoms with Gasteiger partial charge in [0.05, 0.1) is 5.69 Å². The van der Waals surface area contributed by atoms with Gasteiger partial charge in [0.25, 0.3) is 5.91 Å². The molecule has 2 amide bonds. The third kappa shape index (κ3) is 2.26. The molecule has 3 aliphatic rings. The number of benzene rings is 2. The third-order valence-electron chi connectivity index (χ3n) is 6.57. The molecule has 1 saturated heterocycles. The zero-order valence-electron chi connectivity index (χ0n) is 16.6. The predicted molar refractivity (Wildman–Crippen MR) is 109 cm³/mol. The molecular formula is C23H21N3O4. The molecule has 0 spiro atoms. The fraction of sp³-hybridized carbons (Fsp3) is 0.304. The molecule has 1 atom stereocenters. The smallest absolute Gasteiger partial charge is 0.255 e. The van der Waals surface area contributed by atoms with Crippen LogP contribution in [0.1, 0.15) is 23.7 Å². The SMILES string of the molecule is C[C@]12C(=O)N(Cc3ccc4c(c3)OCO4)CC(=O)N1CCc1c2[nH]c2ccccc12. The highest BCUT2D eigenvalue weighted by atomic mass is 16.7. The Bertz CT molecular complexity index is 1220. The van der Waals surface area contributed by atoms with E-state index in [9.17, 15) is 9.59 Å². The highest BCUT2D eigenvalue weighted by Crippen LogP contribution is 2.42. The zero-order valence-corrected chi connectivity index (χ0v) is 16.6. The Morgan fingerprint density at radius 2 is 1.93 bits per heavy atom. The predicted octanol–water partition coefficient (Wildman–Crippen LogP) is 2.54. The molecule has 0 unspecified atom stereocenters. The monoisotopic (exact) mass is 403 g/mol. The number of aromatic nitrogens is 1. The molecule has 3 aliphatic heterocycles. The molecule has 7 nitrogen and oxygen atoms in total. The highest BCUT2D eigenvalue weighted by Gasteiger charge is 2.54. The van der Waals surface area contributed by atoms with Gasteiger partial charge in [-0.1, -0.05) is 24.3 Å². The number of H-pyrrole nitrogens is 1. The molecule has 6 rings (SSSR count). The number of carbonyl (C=O) groups excluding carboxylic acids is 2. The van der Waals surface area contributed by atoms with E-state index < -0.39 is 5.54 Å². The summed E-state index contributed by atoms with van der Waals surface area (Å²) in [6.07, 6.45) is 0.746. The maximum Gasteiger partial charge on any atom is 0.255 e. The van der Waals surface area contributed by atoms with Gasteiger partial charge in [0, 0.05) is 24.0 Å². The molecule has 0 radical (unpaired) electrons. The van der Waals surface area contributed by atoms with Crippen LogP contribution in [0.2, 0.25) is 0 Å². The zero-order chi connectivity index (χ0) is 20.5. The lowest BCUT2D eigenvalue weighted by Gasteiger charge is -2.49. The van der Waals surface area contributed by atoms with E-state index in [4.69, 9.17) is 9.47 Å². The quantitative estimate of drug-likeness (QED) is 0.714. The number of piperazine rings is 1. The van der Waals surface area contributed by atoms with Crippen LogP contribution in [0.25, 0.3) is 10.9 Å². The third-order valence-corrected chi connectivity index (χ3v) is 6.57. The van der Waals surface area contributed by atoms with Crippen molar-refractivity contribution in [3.8, 4) is 11.5 Å². The number of rotatable bonds is 2. The number of hydrogen-bond acceptors (Lipinski definition) is 4. The van der Waals surface area contributed by atoms with Gasteiger partial charge in [-0.2, -0.15) is 0 Å². The molecule has 0 aliphatic carbocycles. The van der Waals surface area contributed by atoms with Gasteiger partial charge in [0.1, 0.15) is 6.54 Å². The number of aromatic amines is 1. The maximum absolute atomic E-state index is 13.8. The molecule has 152 valence electrons. The fourth-order valence-corrected chi connectivity index (χ4v) is 5.07. The first-order chi connectivity index (χ1) is 14.6. The number of ether oxygens (including phenoxy) is 2. The lowest BCUT2D eigenvalue weighted by atomic mass is 9.83. The van der Waals surface area contributed by atoms with Crippen LogP contribution in [-0.2, 0) is 28.1 Å². The van der Waals surface area contributed by atoms with Crippen LogP contribution in [0.15, 0.2) is 42.5 Å². The highest BCUT2D eigenvalue weighted by molar-refractivity contribution is 6.00. The molecular weight excluding hydrogens is 382 g/mol. The first-order valence-corrected chi connectivity index (χ1v) is 10.1. The second-order valence-electron chi connectivity index (χ2n) is 8.24. The first kappa shape index (κ1) is 17.4. The van der Waals surface area contributed by atoms with Gasteiger partial charge >= 0.3 is 0 Å². The Kier molecular flexibility index (Phi) is 3.48. The van der Waals surface area contributed by atoms with Crippen molar-refractivity contribution in [2.24, 2.45) is 0 Å². The number of hydrogen-bond donors (Lipinski definition) is 1. The minimum atomic E-state index is -1.03. The van der Waals surface area contributed by atoms with E-state index in [1.165, 1.54) is 0 Å². The van der Waals surface area contributed by atoms with Gasteiger partial charge in [0.15, 0.2) is 17.0 Å². The molecule has 0 saturated carbocycles. The fourth-order valence-electron chi connectivity index (χ4n) is 5.07. The van der Waals surface area contributed by atoms with Crippen molar-refractivity contribution in [3.63, 3.8) is 0 Å². The van der Waals surface area contributed by atoms with E-state index in [0.29, 0.717) is 24.6 Å². The minimum Gasteiger partial charge on any atom is -0.454 e. The summed E-state index contributed by atoms with van der Waals surface area (Å²) >= 11 is 0. The summed E-state index contributed by atoms with van der Waals surface area (Å²) in [5.74, 6) is 1.29. The van der Waals surface area contributed by atoms with Crippen LogP contribution in [0.5, 0.6) is 11.5 Å². The molecule has 30 heavy (non-hydrogen) atoms. The normalized spacial score (nSPS) is 22.4. The second-order valence-corrected chi connectivity index (χ2v) is 8.24. The van der Waals surface area contributed by atoms with E-state index in [1.54, 1.807) is 9.80 Å². The lowest BCUT2D eigenvalue weighted by molar-refractivity contribution is -0.166. The summed E-state index contributed by atoms with van der Waals surface area (Å²) in [7, 11) is 0. The second kappa shape index (κ2) is 6.01. The van der Waals surface area contributed by atoms with Crippen LogP contribution in [0, 0.1) is 0 Å². The van der Waals surface area contributed by atoms with Crippen LogP contribution in [0.4, 0.5) is 0 Å². The first-order valence-electron chi connectivity index (χ1n) is 10.1. The summed E-state index contributed by atoms with van der Waals surface area (Å²) in [5, 5.41) is 1.13. The molecule has 1 N–H and O–H groups in total. The number of carbonyl (C=O) groups is 2. The van der Waals surface area contributed by atoms with Crippen LogP contribution < -0.4 is 9.47 Å². The Hall–Kier alpha value is -3.48. The van der Waals surface area contributed by atoms with Crippen molar-refractivity contribution < 1.29 is 19.1 Å². The Morgan fingerprint density at radius 3 is 2.83 bits per heavy atom. The van der Waals surface area contributed by atoms with Crippen LogP contribution in [0.3, 0.4) is 0 Å². The molecule has 1 aromatic heterocycles. The van der Waals surface area contributed by atoms with Crippen molar-refractivity contribution >= 4 is 22.7 Å². The van der Waals surface area contributed by atoms with E-state index >= 15 is 0 Å². The van der Waals surface area contributed by atoms with Crippen LogP contribution >= 0.6 is 0 Å². The van der Waals surface area contributed by atoms with Crippen molar-refractivity contribution in [2.75, 3.05) is 19.9 Å². The topological polar surface area (TPSA) is 74.9 Å². The molecule has 1 fully saturated rings. The van der Waals surface area contributed by atoms with E-state index in [2.05, 4.69) is 11.1 Å². The number of fused-ring (bicyclic) bond motifs is 6. The van der Waals surface area contributed by atoms with Gasteiger partial charge in [-0.05, 0) is 42.7 Å². The molecule has 3 aromatic rings. The standard InChI is InChI=1S/C23H21N3O4/c1-23-21-16(15-4-2-3-5-17(15)24-21)8-9-26(23)20(27)12-25(22(23)28)11-14-6-7-18-19(10-14)30-13-29-18/h2-7,10,24H,8-9,11-13H2,1H3/t23-/m0/s1. The van der Waals surface area contributed by atoms with Gasteiger partial charge < -0.3 is 24.3 Å². The Morgan fingerprint density at radius 1 is 1.10 bits per heavy atom. The van der Waals surface area contributed by atoms with Gasteiger partial charge in [-0.15, -0.1) is 0 Å². The summed E-state index contributed by atoms with van der Waals surface area (Å²) in [4.78, 5) is 33.7. The van der Waals surface area contributed by atoms with Gasteiger partial charge in [-0.3, -0.25) is 9.59 Å². The molecule has 2 aromatic carbocycles. The maximum atomic E-state index is 13.8. The number of nitrogens with zero attached hydrogens (tertiary/aromatic N) is 2. The van der Waals surface area contributed by atoms with Crippen molar-refractivity contribution in [1.82, 2.24) is 14.8 Å². The van der Waals surface area contributed by atoms with E-state index in [0.717, 1.165) is 34.1 Å². The Balaban J connectivity index is 1.40. The number of nitrogens with one attached hydrogen (secondary N) is 1. The van der Waals surface area contributed by atoms with Gasteiger partial charge in [-0.25, -0.2) is 0 Å². The van der Waals surface area contributed by atoms with Crippen molar-refractivity contribution in [1.29, 1.82) is 0 Å². The van der Waals surface area contributed by atoms with E-state index in [1.807, 2.05) is 43.3 Å². The van der Waals surface area contributed by atoms with Crippen molar-refractivity contribution in [2.45, 2.75) is 25.4 Å². The van der Waals surface area contributed by atoms with Gasteiger partial charge in [0.2, 0.25) is 12.7 Å². The largest absolute Gasteiger partial charge is 0.454 e. The Labute approximate surface area is 173 Å². The van der Waals surface area contributed by atoms with Crippen LogP contribution in [-0.4, -0.2) is 46.5 Å². The molecule has 7 heteroatoms. The average molecular weight is 403 g/mol. The average Bonchev–Trinajstić information content (AvgIpc) is 3.36. The summed E-state index contributed by atoms with van der Waals surface area (Å²) in [5.41, 5.74) is 2.85. The number of para-hydroxylation sites is 1. The number of amides is 2. The summed E-state index contributed by atoms with van der Waals surface area (Å²) in [6, 6.07) is 13.7. The molecule has 4 heterocycles. The lowest BCUT2D eigenvalue weighted by Crippen LogP contribution is -2.66.